The Balaban J connectivity index is 2.28. The molecule has 0 amide bonds. The van der Waals surface area contributed by atoms with Crippen LogP contribution < -0.4 is 15.2 Å². The number of non-ortho nitro benzene ring substituents is 1. The van der Waals surface area contributed by atoms with Crippen molar-refractivity contribution in [3.8, 4) is 17.2 Å². The molecular formula is C14H14N2O4. The van der Waals surface area contributed by atoms with Crippen LogP contribution in [0.4, 0.5) is 11.4 Å². The Hall–Kier alpha value is -2.76. The Morgan fingerprint density at radius 1 is 1.15 bits per heavy atom. The van der Waals surface area contributed by atoms with Gasteiger partial charge in [-0.15, -0.1) is 0 Å². The first-order valence-corrected chi connectivity index (χ1v) is 6.05. The summed E-state index contributed by atoms with van der Waals surface area (Å²) in [6, 6.07) is 11.2. The molecule has 0 unspecified atom stereocenters. The average molecular weight is 274 g/mol. The quantitative estimate of drug-likeness (QED) is 0.513. The van der Waals surface area contributed by atoms with Gasteiger partial charge in [0.15, 0.2) is 17.2 Å². The lowest BCUT2D eigenvalue weighted by Gasteiger charge is -2.12. The van der Waals surface area contributed by atoms with Crippen LogP contribution in [0, 0.1) is 10.1 Å². The molecule has 0 aliphatic carbocycles. The van der Waals surface area contributed by atoms with E-state index >= 15 is 0 Å². The Bertz CT molecular complexity index is 628. The summed E-state index contributed by atoms with van der Waals surface area (Å²) < 4.78 is 11.1. The number of ether oxygens (including phenoxy) is 2. The van der Waals surface area contributed by atoms with Crippen molar-refractivity contribution in [3.63, 3.8) is 0 Å². The Kier molecular flexibility index (Phi) is 4.05. The number of hydrogen-bond donors (Lipinski definition) is 1. The molecule has 0 aliphatic rings. The summed E-state index contributed by atoms with van der Waals surface area (Å²) in [6.07, 6.45) is 0. The standard InChI is InChI=1S/C14H14N2O4/c1-2-19-13-5-3-4-6-14(13)20-12-8-7-10(16(17)18)9-11(12)15/h3-9H,2,15H2,1H3. The molecule has 2 rings (SSSR count). The van der Waals surface area contributed by atoms with Crippen molar-refractivity contribution in [2.75, 3.05) is 12.3 Å². The summed E-state index contributed by atoms with van der Waals surface area (Å²) in [5.74, 6) is 1.45. The lowest BCUT2D eigenvalue weighted by atomic mass is 10.2. The van der Waals surface area contributed by atoms with Crippen LogP contribution in [-0.4, -0.2) is 11.5 Å². The van der Waals surface area contributed by atoms with Crippen molar-refractivity contribution in [1.82, 2.24) is 0 Å². The number of nitrogens with zero attached hydrogens (tertiary/aromatic N) is 1. The fourth-order valence-corrected chi connectivity index (χ4v) is 1.67. The van der Waals surface area contributed by atoms with Gasteiger partial charge in [-0.25, -0.2) is 0 Å². The number of anilines is 1. The lowest BCUT2D eigenvalue weighted by molar-refractivity contribution is -0.384. The van der Waals surface area contributed by atoms with E-state index in [4.69, 9.17) is 15.2 Å². The van der Waals surface area contributed by atoms with Gasteiger partial charge in [-0.2, -0.15) is 0 Å². The number of benzene rings is 2. The van der Waals surface area contributed by atoms with Gasteiger partial charge < -0.3 is 15.2 Å². The summed E-state index contributed by atoms with van der Waals surface area (Å²) in [6.45, 7) is 2.38. The summed E-state index contributed by atoms with van der Waals surface area (Å²) in [7, 11) is 0. The van der Waals surface area contributed by atoms with Crippen molar-refractivity contribution in [2.24, 2.45) is 0 Å². The van der Waals surface area contributed by atoms with E-state index in [1.54, 1.807) is 18.2 Å². The van der Waals surface area contributed by atoms with Gasteiger partial charge in [0.1, 0.15) is 0 Å². The van der Waals surface area contributed by atoms with Gasteiger partial charge in [-0.05, 0) is 25.1 Å². The Labute approximate surface area is 115 Å². The summed E-state index contributed by atoms with van der Waals surface area (Å²) in [5, 5.41) is 10.7. The van der Waals surface area contributed by atoms with Crippen LogP contribution in [0.1, 0.15) is 6.92 Å². The van der Waals surface area contributed by atoms with Gasteiger partial charge in [-0.3, -0.25) is 10.1 Å². The number of rotatable bonds is 5. The van der Waals surface area contributed by atoms with Crippen LogP contribution in [-0.2, 0) is 0 Å². The number of nitrogens with two attached hydrogens (primary N) is 1. The van der Waals surface area contributed by atoms with Gasteiger partial charge in [0.25, 0.3) is 5.69 Å². The SMILES string of the molecule is CCOc1ccccc1Oc1ccc([N+](=O)[O-])cc1N. The maximum absolute atomic E-state index is 10.7. The monoisotopic (exact) mass is 274 g/mol. The minimum Gasteiger partial charge on any atom is -0.490 e. The number of para-hydroxylation sites is 2. The molecule has 0 saturated heterocycles. The molecule has 6 nitrogen and oxygen atoms in total. The molecule has 0 fully saturated rings. The highest BCUT2D eigenvalue weighted by Crippen LogP contribution is 2.35. The second-order valence-electron chi connectivity index (χ2n) is 3.96. The van der Waals surface area contributed by atoms with Crippen LogP contribution in [0.5, 0.6) is 17.2 Å². The van der Waals surface area contributed by atoms with E-state index in [0.717, 1.165) is 0 Å². The van der Waals surface area contributed by atoms with Crippen molar-refractivity contribution in [2.45, 2.75) is 6.92 Å². The highest BCUT2D eigenvalue weighted by molar-refractivity contribution is 5.60. The second kappa shape index (κ2) is 5.92. The van der Waals surface area contributed by atoms with E-state index in [0.29, 0.717) is 23.9 Å². The molecule has 104 valence electrons. The van der Waals surface area contributed by atoms with Crippen LogP contribution in [0.3, 0.4) is 0 Å². The fourth-order valence-electron chi connectivity index (χ4n) is 1.67. The molecule has 2 aromatic rings. The largest absolute Gasteiger partial charge is 0.490 e. The molecule has 20 heavy (non-hydrogen) atoms. The number of hydrogen-bond acceptors (Lipinski definition) is 5. The van der Waals surface area contributed by atoms with Gasteiger partial charge in [-0.1, -0.05) is 12.1 Å². The van der Waals surface area contributed by atoms with Crippen LogP contribution in [0.2, 0.25) is 0 Å². The molecular weight excluding hydrogens is 260 g/mol. The van der Waals surface area contributed by atoms with E-state index in [1.807, 2.05) is 13.0 Å². The zero-order chi connectivity index (χ0) is 14.5. The average Bonchev–Trinajstić information content (AvgIpc) is 2.43. The van der Waals surface area contributed by atoms with Crippen molar-refractivity contribution >= 4 is 11.4 Å². The normalized spacial score (nSPS) is 10.1. The van der Waals surface area contributed by atoms with Crippen LogP contribution >= 0.6 is 0 Å². The highest BCUT2D eigenvalue weighted by Gasteiger charge is 2.12. The smallest absolute Gasteiger partial charge is 0.271 e. The summed E-state index contributed by atoms with van der Waals surface area (Å²) in [4.78, 5) is 10.1. The molecule has 0 saturated carbocycles. The first-order chi connectivity index (χ1) is 9.61. The van der Waals surface area contributed by atoms with Crippen molar-refractivity contribution in [3.05, 3.63) is 52.6 Å². The molecule has 6 heteroatoms. The second-order valence-corrected chi connectivity index (χ2v) is 3.96. The first kappa shape index (κ1) is 13.7. The third kappa shape index (κ3) is 2.97. The van der Waals surface area contributed by atoms with E-state index in [2.05, 4.69) is 0 Å². The predicted molar refractivity (Wildman–Crippen MR) is 75.2 cm³/mol. The first-order valence-electron chi connectivity index (χ1n) is 6.05. The number of nitrogen functional groups attached to an aromatic ring is 1. The zero-order valence-electron chi connectivity index (χ0n) is 10.9. The van der Waals surface area contributed by atoms with E-state index in [9.17, 15) is 10.1 Å². The topological polar surface area (TPSA) is 87.6 Å². The van der Waals surface area contributed by atoms with Gasteiger partial charge in [0.2, 0.25) is 0 Å². The minimum absolute atomic E-state index is 0.0760. The molecule has 0 radical (unpaired) electrons. The summed E-state index contributed by atoms with van der Waals surface area (Å²) in [5.41, 5.74) is 5.88. The molecule has 2 aromatic carbocycles. The number of nitro benzene ring substituents is 1. The molecule has 0 atom stereocenters. The molecule has 0 aliphatic heterocycles. The fraction of sp³-hybridized carbons (Fsp3) is 0.143. The maximum atomic E-state index is 10.7. The lowest BCUT2D eigenvalue weighted by Crippen LogP contribution is -1.97. The Morgan fingerprint density at radius 3 is 2.45 bits per heavy atom. The van der Waals surface area contributed by atoms with Crippen molar-refractivity contribution in [1.29, 1.82) is 0 Å². The van der Waals surface area contributed by atoms with Gasteiger partial charge >= 0.3 is 0 Å². The maximum Gasteiger partial charge on any atom is 0.271 e. The third-order valence-corrected chi connectivity index (χ3v) is 2.57. The predicted octanol–water partition coefficient (Wildman–Crippen LogP) is 3.37. The van der Waals surface area contributed by atoms with Gasteiger partial charge in [0, 0.05) is 12.1 Å². The van der Waals surface area contributed by atoms with Crippen LogP contribution in [0.15, 0.2) is 42.5 Å². The van der Waals surface area contributed by atoms with E-state index in [1.165, 1.54) is 18.2 Å². The van der Waals surface area contributed by atoms with Crippen molar-refractivity contribution < 1.29 is 14.4 Å². The van der Waals surface area contributed by atoms with Gasteiger partial charge in [0.05, 0.1) is 17.2 Å². The number of nitro groups is 1. The van der Waals surface area contributed by atoms with Crippen LogP contribution in [0.25, 0.3) is 0 Å². The molecule has 0 heterocycles. The minimum atomic E-state index is -0.506. The van der Waals surface area contributed by atoms with E-state index < -0.39 is 4.92 Å². The Morgan fingerprint density at radius 2 is 1.85 bits per heavy atom. The van der Waals surface area contributed by atoms with E-state index in [-0.39, 0.29) is 11.4 Å². The molecule has 0 bridgehead atoms. The zero-order valence-corrected chi connectivity index (χ0v) is 10.9. The highest BCUT2D eigenvalue weighted by atomic mass is 16.6. The summed E-state index contributed by atoms with van der Waals surface area (Å²) >= 11 is 0. The third-order valence-electron chi connectivity index (χ3n) is 2.57. The molecule has 2 N–H and O–H groups in total. The molecule has 0 aromatic heterocycles. The molecule has 0 spiro atoms.